The summed E-state index contributed by atoms with van der Waals surface area (Å²) in [4.78, 5) is 12.8. The maximum absolute atomic E-state index is 12.9. The Morgan fingerprint density at radius 3 is 2.56 bits per heavy atom. The Labute approximate surface area is 92.8 Å². The van der Waals surface area contributed by atoms with Crippen LogP contribution in [-0.4, -0.2) is 23.9 Å². The van der Waals surface area contributed by atoms with Gasteiger partial charge in [-0.15, -0.1) is 0 Å². The maximum atomic E-state index is 12.9. The van der Waals surface area contributed by atoms with Gasteiger partial charge in [0, 0.05) is 13.6 Å². The molecule has 88 valence electrons. The van der Waals surface area contributed by atoms with Gasteiger partial charge in [0.2, 0.25) is 5.91 Å². The molecular formula is C11H14F2N2O. The van der Waals surface area contributed by atoms with E-state index in [0.29, 0.717) is 5.56 Å². The first kappa shape index (κ1) is 12.6. The molecule has 0 aliphatic heterocycles. The summed E-state index contributed by atoms with van der Waals surface area (Å²) in [6, 6.07) is 2.94. The van der Waals surface area contributed by atoms with Crippen molar-refractivity contribution in [3.63, 3.8) is 0 Å². The lowest BCUT2D eigenvalue weighted by atomic mass is 10.2. The van der Waals surface area contributed by atoms with Crippen molar-refractivity contribution in [2.45, 2.75) is 19.5 Å². The minimum atomic E-state index is -0.917. The zero-order chi connectivity index (χ0) is 12.3. The first-order valence-electron chi connectivity index (χ1n) is 4.86. The first-order valence-corrected chi connectivity index (χ1v) is 4.86. The van der Waals surface area contributed by atoms with Crippen LogP contribution in [0.25, 0.3) is 0 Å². The largest absolute Gasteiger partial charge is 0.340 e. The van der Waals surface area contributed by atoms with E-state index in [9.17, 15) is 13.6 Å². The molecule has 0 aliphatic carbocycles. The van der Waals surface area contributed by atoms with Crippen LogP contribution < -0.4 is 5.73 Å². The number of amides is 1. The molecule has 0 aliphatic rings. The number of halogens is 2. The van der Waals surface area contributed by atoms with Gasteiger partial charge in [-0.1, -0.05) is 6.07 Å². The molecule has 0 heterocycles. The molecule has 0 saturated heterocycles. The van der Waals surface area contributed by atoms with Crippen LogP contribution in [0.3, 0.4) is 0 Å². The van der Waals surface area contributed by atoms with Gasteiger partial charge in [0.1, 0.15) is 0 Å². The van der Waals surface area contributed by atoms with Crippen molar-refractivity contribution in [3.8, 4) is 0 Å². The van der Waals surface area contributed by atoms with Gasteiger partial charge in [-0.05, 0) is 24.6 Å². The number of rotatable bonds is 3. The normalized spacial score (nSPS) is 12.3. The highest BCUT2D eigenvalue weighted by Gasteiger charge is 2.14. The lowest BCUT2D eigenvalue weighted by Gasteiger charge is -2.19. The number of benzene rings is 1. The second kappa shape index (κ2) is 5.03. The quantitative estimate of drug-likeness (QED) is 0.846. The molecule has 0 fully saturated rings. The zero-order valence-electron chi connectivity index (χ0n) is 9.21. The van der Waals surface area contributed by atoms with Crippen LogP contribution in [0, 0.1) is 11.6 Å². The molecule has 1 atom stereocenters. The highest BCUT2D eigenvalue weighted by Crippen LogP contribution is 2.10. The summed E-state index contributed by atoms with van der Waals surface area (Å²) in [7, 11) is 1.56. The fraction of sp³-hybridized carbons (Fsp3) is 0.364. The third kappa shape index (κ3) is 3.00. The van der Waals surface area contributed by atoms with Gasteiger partial charge < -0.3 is 10.6 Å². The Morgan fingerprint density at radius 1 is 1.44 bits per heavy atom. The molecule has 0 spiro atoms. The van der Waals surface area contributed by atoms with E-state index in [1.165, 1.54) is 11.0 Å². The molecule has 0 radical (unpaired) electrons. The highest BCUT2D eigenvalue weighted by atomic mass is 19.2. The molecule has 3 nitrogen and oxygen atoms in total. The summed E-state index contributed by atoms with van der Waals surface area (Å²) < 4.78 is 25.5. The number of carbonyl (C=O) groups is 1. The fourth-order valence-corrected chi connectivity index (χ4v) is 1.34. The predicted molar refractivity (Wildman–Crippen MR) is 56.5 cm³/mol. The number of nitrogens with two attached hydrogens (primary N) is 1. The zero-order valence-corrected chi connectivity index (χ0v) is 9.21. The van der Waals surface area contributed by atoms with E-state index < -0.39 is 17.7 Å². The Balaban J connectivity index is 2.73. The Morgan fingerprint density at radius 2 is 2.06 bits per heavy atom. The highest BCUT2D eigenvalue weighted by molar-refractivity contribution is 5.80. The number of nitrogens with zero attached hydrogens (tertiary/aromatic N) is 1. The lowest BCUT2D eigenvalue weighted by molar-refractivity contribution is -0.131. The third-order valence-corrected chi connectivity index (χ3v) is 2.17. The van der Waals surface area contributed by atoms with Crippen LogP contribution in [0.2, 0.25) is 0 Å². The van der Waals surface area contributed by atoms with Crippen LogP contribution in [0.5, 0.6) is 0 Å². The van der Waals surface area contributed by atoms with Crippen LogP contribution >= 0.6 is 0 Å². The van der Waals surface area contributed by atoms with Gasteiger partial charge in [-0.25, -0.2) is 8.78 Å². The average Bonchev–Trinajstić information content (AvgIpc) is 2.22. The molecule has 1 rings (SSSR count). The predicted octanol–water partition coefficient (Wildman–Crippen LogP) is 1.27. The minimum Gasteiger partial charge on any atom is -0.340 e. The molecule has 1 aromatic rings. The van der Waals surface area contributed by atoms with Crippen LogP contribution in [0.1, 0.15) is 12.5 Å². The van der Waals surface area contributed by atoms with Crippen LogP contribution in [0.15, 0.2) is 18.2 Å². The monoisotopic (exact) mass is 228 g/mol. The van der Waals surface area contributed by atoms with Crippen LogP contribution in [0.4, 0.5) is 8.78 Å². The number of hydrogen-bond donors (Lipinski definition) is 1. The average molecular weight is 228 g/mol. The van der Waals surface area contributed by atoms with E-state index in [4.69, 9.17) is 5.73 Å². The lowest BCUT2D eigenvalue weighted by Crippen LogP contribution is -2.39. The van der Waals surface area contributed by atoms with Crippen molar-refractivity contribution in [1.29, 1.82) is 0 Å². The van der Waals surface area contributed by atoms with Gasteiger partial charge in [0.25, 0.3) is 0 Å². The van der Waals surface area contributed by atoms with Crippen molar-refractivity contribution in [2.75, 3.05) is 7.05 Å². The summed E-state index contributed by atoms with van der Waals surface area (Å²) in [6.45, 7) is 1.78. The van der Waals surface area contributed by atoms with Gasteiger partial charge in [0.05, 0.1) is 6.04 Å². The topological polar surface area (TPSA) is 46.3 Å². The Kier molecular flexibility index (Phi) is 3.95. The maximum Gasteiger partial charge on any atom is 0.239 e. The summed E-state index contributed by atoms with van der Waals surface area (Å²) in [5.41, 5.74) is 5.94. The number of likely N-dealkylation sites (N-methyl/N-ethyl adjacent to an activating group) is 1. The van der Waals surface area contributed by atoms with E-state index >= 15 is 0 Å². The van der Waals surface area contributed by atoms with Crippen molar-refractivity contribution >= 4 is 5.91 Å². The number of hydrogen-bond acceptors (Lipinski definition) is 2. The van der Waals surface area contributed by atoms with E-state index in [1.807, 2.05) is 0 Å². The van der Waals surface area contributed by atoms with Crippen molar-refractivity contribution < 1.29 is 13.6 Å². The van der Waals surface area contributed by atoms with Gasteiger partial charge in [-0.2, -0.15) is 0 Å². The third-order valence-electron chi connectivity index (χ3n) is 2.17. The molecule has 2 N–H and O–H groups in total. The molecular weight excluding hydrogens is 214 g/mol. The number of carbonyl (C=O) groups excluding carboxylic acids is 1. The van der Waals surface area contributed by atoms with Gasteiger partial charge >= 0.3 is 0 Å². The van der Waals surface area contributed by atoms with Gasteiger partial charge in [0.15, 0.2) is 11.6 Å². The molecule has 1 aromatic carbocycles. The summed E-state index contributed by atoms with van der Waals surface area (Å²) in [6.07, 6.45) is 0. The molecule has 0 unspecified atom stereocenters. The Hall–Kier alpha value is -1.49. The molecule has 0 aromatic heterocycles. The van der Waals surface area contributed by atoms with E-state index in [-0.39, 0.29) is 12.5 Å². The second-order valence-electron chi connectivity index (χ2n) is 3.73. The summed E-state index contributed by atoms with van der Waals surface area (Å²) >= 11 is 0. The van der Waals surface area contributed by atoms with Gasteiger partial charge in [-0.3, -0.25) is 4.79 Å². The first-order chi connectivity index (χ1) is 7.41. The van der Waals surface area contributed by atoms with E-state index in [0.717, 1.165) is 12.1 Å². The SMILES string of the molecule is C[C@H](N)C(=O)N(C)Cc1ccc(F)c(F)c1. The smallest absolute Gasteiger partial charge is 0.239 e. The van der Waals surface area contributed by atoms with Crippen molar-refractivity contribution in [3.05, 3.63) is 35.4 Å². The molecule has 0 saturated carbocycles. The molecule has 1 amide bonds. The minimum absolute atomic E-state index is 0.206. The summed E-state index contributed by atoms with van der Waals surface area (Å²) in [5.74, 6) is -2.06. The van der Waals surface area contributed by atoms with E-state index in [1.54, 1.807) is 14.0 Å². The van der Waals surface area contributed by atoms with Crippen molar-refractivity contribution in [2.24, 2.45) is 5.73 Å². The van der Waals surface area contributed by atoms with E-state index in [2.05, 4.69) is 0 Å². The summed E-state index contributed by atoms with van der Waals surface area (Å²) in [5, 5.41) is 0. The van der Waals surface area contributed by atoms with Crippen molar-refractivity contribution in [1.82, 2.24) is 4.90 Å². The molecule has 0 bridgehead atoms. The standard InChI is InChI=1S/C11H14F2N2O/c1-7(14)11(16)15(2)6-8-3-4-9(12)10(13)5-8/h3-5,7H,6,14H2,1-2H3/t7-/m0/s1. The fourth-order valence-electron chi connectivity index (χ4n) is 1.34. The molecule has 5 heteroatoms. The Bertz CT molecular complexity index is 394. The van der Waals surface area contributed by atoms with Crippen LogP contribution in [-0.2, 0) is 11.3 Å². The molecule has 16 heavy (non-hydrogen) atoms. The second-order valence-corrected chi connectivity index (χ2v) is 3.73.